The van der Waals surface area contributed by atoms with Crippen molar-refractivity contribution < 1.29 is 0 Å². The van der Waals surface area contributed by atoms with Crippen molar-refractivity contribution in [3.63, 3.8) is 0 Å². The third kappa shape index (κ3) is 3.19. The Morgan fingerprint density at radius 1 is 1.07 bits per heavy atom. The van der Waals surface area contributed by atoms with E-state index in [-0.39, 0.29) is 0 Å². The highest BCUT2D eigenvalue weighted by molar-refractivity contribution is 5.87. The summed E-state index contributed by atoms with van der Waals surface area (Å²) in [6.07, 6.45) is 7.75. The van der Waals surface area contributed by atoms with Crippen molar-refractivity contribution >= 4 is 10.8 Å². The zero-order valence-corrected chi connectivity index (χ0v) is 15.7. The molecule has 1 unspecified atom stereocenters. The van der Waals surface area contributed by atoms with Crippen LogP contribution in [0.15, 0.2) is 55.1 Å². The highest BCUT2D eigenvalue weighted by atomic mass is 15.2. The maximum atomic E-state index is 4.54. The average Bonchev–Trinajstić information content (AvgIpc) is 3.47. The minimum absolute atomic E-state index is 0.389. The first-order valence-corrected chi connectivity index (χ1v) is 9.56. The van der Waals surface area contributed by atoms with E-state index in [1.165, 1.54) is 17.2 Å². The van der Waals surface area contributed by atoms with Crippen molar-refractivity contribution in [2.24, 2.45) is 0 Å². The van der Waals surface area contributed by atoms with E-state index in [9.17, 15) is 0 Å². The van der Waals surface area contributed by atoms with Gasteiger partial charge in [-0.05, 0) is 61.3 Å². The number of H-pyrrole nitrogens is 2. The normalized spacial score (nSPS) is 17.0. The molecule has 1 fully saturated rings. The SMILES string of the molecule is CN1CCCC1c1ncc(C#Cc2ccc3cc(-c4cnc[nH]4)ccc3c2)[nH]1. The van der Waals surface area contributed by atoms with Crippen LogP contribution in [-0.4, -0.2) is 38.4 Å². The van der Waals surface area contributed by atoms with Crippen molar-refractivity contribution in [1.29, 1.82) is 0 Å². The number of hydrogen-bond donors (Lipinski definition) is 2. The molecule has 138 valence electrons. The monoisotopic (exact) mass is 367 g/mol. The summed E-state index contributed by atoms with van der Waals surface area (Å²) in [6, 6.07) is 13.1. The largest absolute Gasteiger partial charge is 0.345 e. The Morgan fingerprint density at radius 2 is 1.96 bits per heavy atom. The number of rotatable bonds is 2. The molecule has 5 heteroatoms. The van der Waals surface area contributed by atoms with Crippen LogP contribution in [0.25, 0.3) is 22.0 Å². The summed E-state index contributed by atoms with van der Waals surface area (Å²) >= 11 is 0. The van der Waals surface area contributed by atoms with Crippen LogP contribution in [-0.2, 0) is 0 Å². The van der Waals surface area contributed by atoms with Gasteiger partial charge >= 0.3 is 0 Å². The number of fused-ring (bicyclic) bond motifs is 1. The molecule has 28 heavy (non-hydrogen) atoms. The third-order valence-corrected chi connectivity index (χ3v) is 5.42. The first kappa shape index (κ1) is 16.8. The lowest BCUT2D eigenvalue weighted by Gasteiger charge is -2.16. The molecular weight excluding hydrogens is 346 g/mol. The summed E-state index contributed by atoms with van der Waals surface area (Å²) in [7, 11) is 2.15. The quantitative estimate of drug-likeness (QED) is 0.524. The molecule has 0 saturated carbocycles. The molecule has 0 amide bonds. The first-order chi connectivity index (χ1) is 13.8. The van der Waals surface area contributed by atoms with Gasteiger partial charge < -0.3 is 9.97 Å². The lowest BCUT2D eigenvalue weighted by molar-refractivity contribution is 0.307. The van der Waals surface area contributed by atoms with Crippen molar-refractivity contribution in [3.05, 3.63) is 72.2 Å². The minimum Gasteiger partial charge on any atom is -0.345 e. The van der Waals surface area contributed by atoms with Gasteiger partial charge in [0.1, 0.15) is 11.5 Å². The molecule has 2 aromatic heterocycles. The molecule has 0 spiro atoms. The summed E-state index contributed by atoms with van der Waals surface area (Å²) < 4.78 is 0. The van der Waals surface area contributed by atoms with E-state index in [2.05, 4.69) is 80.1 Å². The molecule has 1 saturated heterocycles. The molecule has 1 aliphatic rings. The van der Waals surface area contributed by atoms with Crippen LogP contribution in [0.2, 0.25) is 0 Å². The standard InChI is InChI=1S/C23H21N5/c1-28-10-2-3-22(28)23-25-13-20(27-23)9-5-16-4-6-18-12-19(8-7-17(18)11-16)21-14-24-15-26-21/h4,6-8,11-15,22H,2-3,10H2,1H3,(H,24,26)(H,25,27). The van der Waals surface area contributed by atoms with Gasteiger partial charge in [0.15, 0.2) is 0 Å². The van der Waals surface area contributed by atoms with Crippen LogP contribution in [0.5, 0.6) is 0 Å². The van der Waals surface area contributed by atoms with E-state index in [0.717, 1.165) is 41.3 Å². The molecule has 3 heterocycles. The van der Waals surface area contributed by atoms with E-state index in [4.69, 9.17) is 0 Å². The van der Waals surface area contributed by atoms with Gasteiger partial charge in [0.05, 0.1) is 30.5 Å². The molecule has 5 nitrogen and oxygen atoms in total. The summed E-state index contributed by atoms with van der Waals surface area (Å²) in [6.45, 7) is 1.13. The van der Waals surface area contributed by atoms with Gasteiger partial charge in [0.2, 0.25) is 0 Å². The Kier molecular flexibility index (Phi) is 4.19. The first-order valence-electron chi connectivity index (χ1n) is 9.56. The molecule has 2 aromatic carbocycles. The van der Waals surface area contributed by atoms with Crippen molar-refractivity contribution in [2.45, 2.75) is 18.9 Å². The highest BCUT2D eigenvalue weighted by Crippen LogP contribution is 2.28. The number of likely N-dealkylation sites (tertiary alicyclic amines) is 1. The predicted octanol–water partition coefficient (Wildman–Crippen LogP) is 4.12. The number of hydrogen-bond acceptors (Lipinski definition) is 3. The second-order valence-electron chi connectivity index (χ2n) is 7.31. The van der Waals surface area contributed by atoms with Crippen LogP contribution in [0, 0.1) is 11.8 Å². The molecule has 2 N–H and O–H groups in total. The molecule has 0 radical (unpaired) electrons. The zero-order chi connectivity index (χ0) is 18.9. The van der Waals surface area contributed by atoms with Gasteiger partial charge in [0.25, 0.3) is 0 Å². The second-order valence-corrected chi connectivity index (χ2v) is 7.31. The average molecular weight is 367 g/mol. The van der Waals surface area contributed by atoms with Crippen molar-refractivity contribution in [3.8, 4) is 23.1 Å². The molecule has 5 rings (SSSR count). The fraction of sp³-hybridized carbons (Fsp3) is 0.217. The number of aromatic amines is 2. The second kappa shape index (κ2) is 6.99. The fourth-order valence-corrected chi connectivity index (χ4v) is 3.87. The number of nitrogens with one attached hydrogen (secondary N) is 2. The predicted molar refractivity (Wildman–Crippen MR) is 111 cm³/mol. The van der Waals surface area contributed by atoms with Gasteiger partial charge in [-0.15, -0.1) is 0 Å². The smallest absolute Gasteiger partial charge is 0.124 e. The summed E-state index contributed by atoms with van der Waals surface area (Å²) in [5, 5.41) is 2.36. The van der Waals surface area contributed by atoms with E-state index < -0.39 is 0 Å². The van der Waals surface area contributed by atoms with Crippen LogP contribution in [0.1, 0.15) is 36.0 Å². The van der Waals surface area contributed by atoms with E-state index >= 15 is 0 Å². The molecule has 4 aromatic rings. The minimum atomic E-state index is 0.389. The van der Waals surface area contributed by atoms with Gasteiger partial charge in [-0.2, -0.15) is 0 Å². The molecule has 0 bridgehead atoms. The third-order valence-electron chi connectivity index (χ3n) is 5.42. The van der Waals surface area contributed by atoms with E-state index in [1.807, 2.05) is 12.4 Å². The molecular formula is C23H21N5. The number of benzene rings is 2. The zero-order valence-electron chi connectivity index (χ0n) is 15.7. The van der Waals surface area contributed by atoms with E-state index in [1.54, 1.807) is 6.33 Å². The summed E-state index contributed by atoms with van der Waals surface area (Å²) in [5.41, 5.74) is 4.01. The highest BCUT2D eigenvalue weighted by Gasteiger charge is 2.24. The molecule has 1 atom stereocenters. The maximum Gasteiger partial charge on any atom is 0.124 e. The summed E-state index contributed by atoms with van der Waals surface area (Å²) in [4.78, 5) is 17.5. The maximum absolute atomic E-state index is 4.54. The Labute approximate surface area is 163 Å². The Hall–Kier alpha value is -3.36. The van der Waals surface area contributed by atoms with Crippen LogP contribution < -0.4 is 0 Å². The molecule has 1 aliphatic heterocycles. The number of nitrogens with zero attached hydrogens (tertiary/aromatic N) is 3. The van der Waals surface area contributed by atoms with Gasteiger partial charge in [-0.3, -0.25) is 4.90 Å². The summed E-state index contributed by atoms with van der Waals surface area (Å²) in [5.74, 6) is 7.50. The van der Waals surface area contributed by atoms with Crippen LogP contribution in [0.3, 0.4) is 0 Å². The van der Waals surface area contributed by atoms with Crippen LogP contribution in [0.4, 0.5) is 0 Å². The Bertz CT molecular complexity index is 1180. The lowest BCUT2D eigenvalue weighted by atomic mass is 10.0. The van der Waals surface area contributed by atoms with Crippen molar-refractivity contribution in [2.75, 3.05) is 13.6 Å². The number of aromatic nitrogens is 4. The molecule has 0 aliphatic carbocycles. The van der Waals surface area contributed by atoms with Gasteiger partial charge in [-0.25, -0.2) is 9.97 Å². The lowest BCUT2D eigenvalue weighted by Crippen LogP contribution is -2.18. The van der Waals surface area contributed by atoms with Crippen molar-refractivity contribution in [1.82, 2.24) is 24.8 Å². The van der Waals surface area contributed by atoms with Gasteiger partial charge in [-0.1, -0.05) is 24.1 Å². The topological polar surface area (TPSA) is 60.6 Å². The van der Waals surface area contributed by atoms with Gasteiger partial charge in [0, 0.05) is 11.1 Å². The van der Waals surface area contributed by atoms with Crippen LogP contribution >= 0.6 is 0 Å². The fourth-order valence-electron chi connectivity index (χ4n) is 3.87. The van der Waals surface area contributed by atoms with E-state index in [0.29, 0.717) is 6.04 Å². The Balaban J connectivity index is 1.39. The Morgan fingerprint density at radius 3 is 2.79 bits per heavy atom. The number of imidazole rings is 2.